The zero-order valence-corrected chi connectivity index (χ0v) is 16.3. The minimum atomic E-state index is -0.349. The fourth-order valence-electron chi connectivity index (χ4n) is 2.86. The zero-order chi connectivity index (χ0) is 19.9. The molecule has 0 aliphatic carbocycles. The summed E-state index contributed by atoms with van der Waals surface area (Å²) >= 11 is 1.27. The number of hydrogen-bond acceptors (Lipinski definition) is 4. The van der Waals surface area contributed by atoms with Crippen molar-refractivity contribution in [1.82, 2.24) is 5.32 Å². The first-order valence-electron chi connectivity index (χ1n) is 8.95. The lowest BCUT2D eigenvalue weighted by molar-refractivity contribution is 0.0952. The molecule has 4 nitrogen and oxygen atoms in total. The van der Waals surface area contributed by atoms with E-state index in [4.69, 9.17) is 9.47 Å². The number of hydrogen-bond donors (Lipinski definition) is 1. The van der Waals surface area contributed by atoms with Gasteiger partial charge in [-0.05, 0) is 49.2 Å². The summed E-state index contributed by atoms with van der Waals surface area (Å²) in [4.78, 5) is 13.0. The van der Waals surface area contributed by atoms with Crippen molar-refractivity contribution < 1.29 is 23.0 Å². The lowest BCUT2D eigenvalue weighted by Gasteiger charge is -2.08. The molecule has 0 spiro atoms. The van der Waals surface area contributed by atoms with Gasteiger partial charge in [-0.2, -0.15) is 0 Å². The molecule has 0 aliphatic heterocycles. The fourth-order valence-corrected chi connectivity index (χ4v) is 4.00. The third-order valence-electron chi connectivity index (χ3n) is 4.20. The van der Waals surface area contributed by atoms with Crippen LogP contribution in [0.2, 0.25) is 0 Å². The lowest BCUT2D eigenvalue weighted by atomic mass is 10.1. The highest BCUT2D eigenvalue weighted by Crippen LogP contribution is 2.33. The van der Waals surface area contributed by atoms with E-state index in [0.29, 0.717) is 34.7 Å². The number of ether oxygens (including phenoxy) is 2. The molecule has 1 heterocycles. The molecule has 2 aromatic carbocycles. The van der Waals surface area contributed by atoms with Crippen molar-refractivity contribution >= 4 is 27.3 Å². The average molecular weight is 405 g/mol. The smallest absolute Gasteiger partial charge is 0.261 e. The molecule has 0 unspecified atom stereocenters. The van der Waals surface area contributed by atoms with Gasteiger partial charge in [-0.3, -0.25) is 4.79 Å². The molecule has 7 heteroatoms. The first kappa shape index (κ1) is 20.2. The number of methoxy groups -OCH3 is 1. The summed E-state index contributed by atoms with van der Waals surface area (Å²) in [6, 6.07) is 10.7. The Bertz CT molecular complexity index is 941. The van der Waals surface area contributed by atoms with E-state index in [1.807, 2.05) is 0 Å². The Labute approximate surface area is 166 Å². The molecule has 0 aliphatic rings. The van der Waals surface area contributed by atoms with Crippen LogP contribution in [-0.2, 0) is 11.3 Å². The summed E-state index contributed by atoms with van der Waals surface area (Å²) in [6.07, 6.45) is 1.47. The van der Waals surface area contributed by atoms with Gasteiger partial charge in [0.1, 0.15) is 17.4 Å². The predicted octanol–water partition coefficient (Wildman–Crippen LogP) is 4.91. The number of fused-ring (bicyclic) bond motifs is 1. The van der Waals surface area contributed by atoms with Crippen molar-refractivity contribution in [3.8, 4) is 5.75 Å². The molecule has 0 radical (unpaired) electrons. The largest absolute Gasteiger partial charge is 0.494 e. The molecule has 0 atom stereocenters. The van der Waals surface area contributed by atoms with Crippen LogP contribution in [-0.4, -0.2) is 26.2 Å². The molecule has 1 N–H and O–H groups in total. The van der Waals surface area contributed by atoms with Crippen molar-refractivity contribution in [3.63, 3.8) is 0 Å². The first-order valence-corrected chi connectivity index (χ1v) is 9.77. The van der Waals surface area contributed by atoms with Gasteiger partial charge in [0.25, 0.3) is 5.91 Å². The van der Waals surface area contributed by atoms with Crippen LogP contribution in [0.1, 0.15) is 28.1 Å². The molecule has 28 heavy (non-hydrogen) atoms. The van der Waals surface area contributed by atoms with Crippen molar-refractivity contribution in [2.75, 3.05) is 20.3 Å². The highest BCUT2D eigenvalue weighted by molar-refractivity contribution is 7.21. The number of nitrogens with one attached hydrogen (secondary N) is 1. The Balaban J connectivity index is 1.51. The molecule has 0 bridgehead atoms. The fraction of sp³-hybridized carbons (Fsp3) is 0.286. The molecule has 0 saturated heterocycles. The lowest BCUT2D eigenvalue weighted by Crippen LogP contribution is -2.24. The topological polar surface area (TPSA) is 47.6 Å². The minimum absolute atomic E-state index is 0.176. The van der Waals surface area contributed by atoms with Gasteiger partial charge in [0.2, 0.25) is 0 Å². The molecular weight excluding hydrogens is 384 g/mol. The van der Waals surface area contributed by atoms with Crippen molar-refractivity contribution in [1.29, 1.82) is 0 Å². The summed E-state index contributed by atoms with van der Waals surface area (Å²) in [5.74, 6) is -0.268. The Hall–Kier alpha value is -2.51. The van der Waals surface area contributed by atoms with E-state index < -0.39 is 0 Å². The minimum Gasteiger partial charge on any atom is -0.494 e. The summed E-state index contributed by atoms with van der Waals surface area (Å²) in [5, 5.41) is 3.32. The number of halogens is 2. The Morgan fingerprint density at radius 2 is 1.89 bits per heavy atom. The highest BCUT2D eigenvalue weighted by atomic mass is 32.1. The average Bonchev–Trinajstić information content (AvgIpc) is 3.06. The number of thiophene rings is 1. The van der Waals surface area contributed by atoms with Gasteiger partial charge >= 0.3 is 0 Å². The van der Waals surface area contributed by atoms with Crippen LogP contribution < -0.4 is 10.1 Å². The van der Waals surface area contributed by atoms with E-state index >= 15 is 0 Å². The highest BCUT2D eigenvalue weighted by Gasteiger charge is 2.20. The van der Waals surface area contributed by atoms with Crippen LogP contribution in [0.3, 0.4) is 0 Å². The van der Waals surface area contributed by atoms with Crippen LogP contribution in [0.4, 0.5) is 8.78 Å². The van der Waals surface area contributed by atoms with Crippen LogP contribution in [0, 0.1) is 11.6 Å². The molecule has 0 fully saturated rings. The number of unbranched alkanes of at least 4 members (excludes halogenated alkanes) is 1. The van der Waals surface area contributed by atoms with Gasteiger partial charge in [0.15, 0.2) is 0 Å². The van der Waals surface area contributed by atoms with Gasteiger partial charge in [-0.25, -0.2) is 8.78 Å². The standard InChI is InChI=1S/C21H21F2NO3S/c1-26-13-16-19-17(23)5-4-6-18(19)28-20(16)21(25)24-11-2-3-12-27-15-9-7-14(22)8-10-15/h4-10H,2-3,11-13H2,1H3,(H,24,25). The Kier molecular flexibility index (Phi) is 6.95. The Morgan fingerprint density at radius 3 is 2.64 bits per heavy atom. The summed E-state index contributed by atoms with van der Waals surface area (Å²) in [6.45, 7) is 1.13. The normalized spacial score (nSPS) is 11.0. The van der Waals surface area contributed by atoms with Crippen LogP contribution >= 0.6 is 11.3 Å². The molecular formula is C21H21F2NO3S. The third kappa shape index (κ3) is 4.85. The van der Waals surface area contributed by atoms with E-state index in [2.05, 4.69) is 5.32 Å². The number of carbonyl (C=O) groups is 1. The van der Waals surface area contributed by atoms with Gasteiger partial charge in [0.05, 0.1) is 18.1 Å². The van der Waals surface area contributed by atoms with Crippen molar-refractivity contribution in [2.24, 2.45) is 0 Å². The molecule has 3 rings (SSSR count). The number of carbonyl (C=O) groups excluding carboxylic acids is 1. The maximum Gasteiger partial charge on any atom is 0.261 e. The number of amides is 1. The zero-order valence-electron chi connectivity index (χ0n) is 15.5. The van der Waals surface area contributed by atoms with E-state index in [0.717, 1.165) is 17.5 Å². The van der Waals surface area contributed by atoms with Crippen LogP contribution in [0.25, 0.3) is 10.1 Å². The van der Waals surface area contributed by atoms with Crippen LogP contribution in [0.15, 0.2) is 42.5 Å². The van der Waals surface area contributed by atoms with Crippen molar-refractivity contribution in [2.45, 2.75) is 19.4 Å². The number of benzene rings is 2. The molecule has 1 aromatic heterocycles. The molecule has 3 aromatic rings. The van der Waals surface area contributed by atoms with E-state index in [9.17, 15) is 13.6 Å². The maximum atomic E-state index is 14.2. The summed E-state index contributed by atoms with van der Waals surface area (Å²) < 4.78 is 38.4. The Morgan fingerprint density at radius 1 is 1.11 bits per heavy atom. The molecule has 148 valence electrons. The third-order valence-corrected chi connectivity index (χ3v) is 5.39. The summed E-state index contributed by atoms with van der Waals surface area (Å²) in [7, 11) is 1.52. The molecule has 0 saturated carbocycles. The maximum absolute atomic E-state index is 14.2. The van der Waals surface area contributed by atoms with E-state index in [1.54, 1.807) is 24.3 Å². The van der Waals surface area contributed by atoms with Gasteiger partial charge in [-0.1, -0.05) is 6.07 Å². The second kappa shape index (κ2) is 9.61. The monoisotopic (exact) mass is 405 g/mol. The molecule has 1 amide bonds. The van der Waals surface area contributed by atoms with E-state index in [1.165, 1.54) is 36.6 Å². The first-order chi connectivity index (χ1) is 13.6. The van der Waals surface area contributed by atoms with Gasteiger partial charge in [-0.15, -0.1) is 11.3 Å². The second-order valence-electron chi connectivity index (χ2n) is 6.22. The SMILES string of the molecule is COCc1c(C(=O)NCCCCOc2ccc(F)cc2)sc2cccc(F)c12. The summed E-state index contributed by atoms with van der Waals surface area (Å²) in [5.41, 5.74) is 0.581. The predicted molar refractivity (Wildman–Crippen MR) is 106 cm³/mol. The van der Waals surface area contributed by atoms with E-state index in [-0.39, 0.29) is 24.1 Å². The van der Waals surface area contributed by atoms with Crippen molar-refractivity contribution in [3.05, 3.63) is 64.5 Å². The second-order valence-corrected chi connectivity index (χ2v) is 7.27. The quantitative estimate of drug-likeness (QED) is 0.515. The van der Waals surface area contributed by atoms with Crippen LogP contribution in [0.5, 0.6) is 5.75 Å². The van der Waals surface area contributed by atoms with Gasteiger partial charge in [0, 0.05) is 29.3 Å². The number of rotatable bonds is 9. The van der Waals surface area contributed by atoms with Gasteiger partial charge < -0.3 is 14.8 Å².